The number of anilines is 1. The lowest BCUT2D eigenvalue weighted by Gasteiger charge is -2.09. The van der Waals surface area contributed by atoms with Crippen molar-refractivity contribution in [2.75, 3.05) is 12.4 Å². The number of hydrogen-bond acceptors (Lipinski definition) is 2. The van der Waals surface area contributed by atoms with Crippen molar-refractivity contribution < 1.29 is 9.53 Å². The Bertz CT molecular complexity index is 1210. The van der Waals surface area contributed by atoms with Gasteiger partial charge in [-0.2, -0.15) is 0 Å². The molecule has 1 aliphatic rings. The van der Waals surface area contributed by atoms with E-state index in [9.17, 15) is 4.79 Å². The number of hydrogen-bond donors (Lipinski definition) is 3. The van der Waals surface area contributed by atoms with Crippen LogP contribution in [0.5, 0.6) is 5.75 Å². The quantitative estimate of drug-likeness (QED) is 0.468. The Morgan fingerprint density at radius 3 is 2.78 bits per heavy atom. The van der Waals surface area contributed by atoms with Crippen molar-refractivity contribution in [1.82, 2.24) is 9.97 Å². The number of carbonyl (C=O) groups excluding carboxylic acids is 1. The van der Waals surface area contributed by atoms with E-state index in [0.29, 0.717) is 11.3 Å². The number of aromatic nitrogens is 2. The Kier molecular flexibility index (Phi) is 3.40. The van der Waals surface area contributed by atoms with E-state index in [2.05, 4.69) is 33.5 Å². The summed E-state index contributed by atoms with van der Waals surface area (Å²) in [5, 5.41) is 4.11. The van der Waals surface area contributed by atoms with Crippen molar-refractivity contribution in [3.8, 4) is 16.9 Å². The standard InChI is InChI=1S/C22H17N3O2/c1-27-20-8-10-24-19(20)12-16-21-15(3-2-4-18(21)25-22(16)26)13-5-6-17-14(11-13)7-9-23-17/h2-12,23-24H,1H3,(H,25,26). The molecule has 0 saturated carbocycles. The number of fused-ring (bicyclic) bond motifs is 2. The lowest BCUT2D eigenvalue weighted by molar-refractivity contribution is -0.110. The second kappa shape index (κ2) is 5.92. The Labute approximate surface area is 155 Å². The van der Waals surface area contributed by atoms with E-state index in [1.165, 1.54) is 0 Å². The third-order valence-corrected chi connectivity index (χ3v) is 4.94. The molecule has 3 N–H and O–H groups in total. The second-order valence-electron chi connectivity index (χ2n) is 6.48. The molecule has 0 bridgehead atoms. The summed E-state index contributed by atoms with van der Waals surface area (Å²) in [6.07, 6.45) is 5.57. The Morgan fingerprint density at radius 2 is 1.89 bits per heavy atom. The molecule has 2 aromatic heterocycles. The maximum Gasteiger partial charge on any atom is 0.256 e. The summed E-state index contributed by atoms with van der Waals surface area (Å²) in [4.78, 5) is 19.0. The summed E-state index contributed by atoms with van der Waals surface area (Å²) >= 11 is 0. The molecule has 132 valence electrons. The van der Waals surface area contributed by atoms with Gasteiger partial charge in [-0.15, -0.1) is 0 Å². The molecule has 2 aromatic carbocycles. The van der Waals surface area contributed by atoms with Crippen LogP contribution in [0.1, 0.15) is 11.3 Å². The van der Waals surface area contributed by atoms with Gasteiger partial charge in [0, 0.05) is 29.2 Å². The smallest absolute Gasteiger partial charge is 0.256 e. The zero-order valence-corrected chi connectivity index (χ0v) is 14.7. The van der Waals surface area contributed by atoms with Gasteiger partial charge in [-0.1, -0.05) is 18.2 Å². The number of carbonyl (C=O) groups is 1. The average Bonchev–Trinajstić information content (AvgIpc) is 3.40. The maximum atomic E-state index is 12.7. The fourth-order valence-electron chi connectivity index (χ4n) is 3.65. The van der Waals surface area contributed by atoms with Gasteiger partial charge in [0.05, 0.1) is 18.4 Å². The molecule has 0 fully saturated rings. The molecular formula is C22H17N3O2. The Hall–Kier alpha value is -3.73. The highest BCUT2D eigenvalue weighted by Crippen LogP contribution is 2.41. The minimum atomic E-state index is -0.114. The minimum absolute atomic E-state index is 0.114. The topological polar surface area (TPSA) is 69.9 Å². The van der Waals surface area contributed by atoms with E-state index in [1.54, 1.807) is 13.3 Å². The van der Waals surface area contributed by atoms with Crippen LogP contribution in [0.4, 0.5) is 5.69 Å². The SMILES string of the molecule is COc1cc[nH]c1C=C1C(=O)Nc2cccc(-c3ccc4[nH]ccc4c3)c21. The summed E-state index contributed by atoms with van der Waals surface area (Å²) in [5.41, 5.74) is 6.30. The molecule has 0 atom stereocenters. The number of aromatic amines is 2. The first-order valence-electron chi connectivity index (χ1n) is 8.70. The van der Waals surface area contributed by atoms with Gasteiger partial charge in [-0.05, 0) is 52.9 Å². The monoisotopic (exact) mass is 355 g/mol. The van der Waals surface area contributed by atoms with E-state index in [1.807, 2.05) is 42.6 Å². The van der Waals surface area contributed by atoms with Crippen LogP contribution in [-0.2, 0) is 4.79 Å². The predicted molar refractivity (Wildman–Crippen MR) is 108 cm³/mol. The number of rotatable bonds is 3. The van der Waals surface area contributed by atoms with Gasteiger partial charge in [-0.3, -0.25) is 4.79 Å². The van der Waals surface area contributed by atoms with E-state index in [0.717, 1.165) is 39.0 Å². The lowest BCUT2D eigenvalue weighted by atomic mass is 9.94. The van der Waals surface area contributed by atoms with Crippen LogP contribution < -0.4 is 10.1 Å². The van der Waals surface area contributed by atoms with Gasteiger partial charge >= 0.3 is 0 Å². The van der Waals surface area contributed by atoms with Gasteiger partial charge < -0.3 is 20.0 Å². The molecule has 3 heterocycles. The molecule has 0 aliphatic carbocycles. The van der Waals surface area contributed by atoms with Crippen molar-refractivity contribution in [3.05, 3.63) is 72.2 Å². The van der Waals surface area contributed by atoms with E-state index < -0.39 is 0 Å². The molecule has 1 aliphatic heterocycles. The van der Waals surface area contributed by atoms with Crippen LogP contribution in [0.2, 0.25) is 0 Å². The van der Waals surface area contributed by atoms with Crippen LogP contribution in [0.25, 0.3) is 33.7 Å². The van der Waals surface area contributed by atoms with Gasteiger partial charge in [0.1, 0.15) is 5.75 Å². The van der Waals surface area contributed by atoms with Crippen molar-refractivity contribution in [2.24, 2.45) is 0 Å². The number of nitrogens with one attached hydrogen (secondary N) is 3. The lowest BCUT2D eigenvalue weighted by Crippen LogP contribution is -2.03. The molecule has 1 amide bonds. The zero-order chi connectivity index (χ0) is 18.4. The van der Waals surface area contributed by atoms with Crippen LogP contribution in [-0.4, -0.2) is 23.0 Å². The molecule has 5 nitrogen and oxygen atoms in total. The summed E-state index contributed by atoms with van der Waals surface area (Å²) in [6.45, 7) is 0. The molecular weight excluding hydrogens is 338 g/mol. The molecule has 0 saturated heterocycles. The molecule has 0 spiro atoms. The van der Waals surface area contributed by atoms with Gasteiger partial charge in [0.2, 0.25) is 0 Å². The fraction of sp³-hybridized carbons (Fsp3) is 0.0455. The first-order chi connectivity index (χ1) is 13.2. The van der Waals surface area contributed by atoms with Crippen molar-refractivity contribution in [1.29, 1.82) is 0 Å². The zero-order valence-electron chi connectivity index (χ0n) is 14.7. The van der Waals surface area contributed by atoms with E-state index >= 15 is 0 Å². The number of amides is 1. The largest absolute Gasteiger partial charge is 0.495 e. The van der Waals surface area contributed by atoms with E-state index in [-0.39, 0.29) is 5.91 Å². The highest BCUT2D eigenvalue weighted by atomic mass is 16.5. The molecule has 0 unspecified atom stereocenters. The van der Waals surface area contributed by atoms with Crippen LogP contribution in [0, 0.1) is 0 Å². The summed E-state index contributed by atoms with van der Waals surface area (Å²) in [6, 6.07) is 16.1. The van der Waals surface area contributed by atoms with Crippen LogP contribution in [0.3, 0.4) is 0 Å². The predicted octanol–water partition coefficient (Wildman–Crippen LogP) is 4.66. The summed E-state index contributed by atoms with van der Waals surface area (Å²) in [5.74, 6) is 0.590. The normalized spacial score (nSPS) is 14.6. The molecule has 5 heteroatoms. The first-order valence-corrected chi connectivity index (χ1v) is 8.70. The second-order valence-corrected chi connectivity index (χ2v) is 6.48. The maximum absolute atomic E-state index is 12.7. The minimum Gasteiger partial charge on any atom is -0.495 e. The summed E-state index contributed by atoms with van der Waals surface area (Å²) < 4.78 is 5.36. The number of methoxy groups -OCH3 is 1. The van der Waals surface area contributed by atoms with Crippen molar-refractivity contribution in [2.45, 2.75) is 0 Å². The number of benzene rings is 2. The van der Waals surface area contributed by atoms with Gasteiger partial charge in [0.25, 0.3) is 5.91 Å². The molecule has 4 aromatic rings. The van der Waals surface area contributed by atoms with Gasteiger partial charge in [0.15, 0.2) is 0 Å². The first kappa shape index (κ1) is 15.5. The highest BCUT2D eigenvalue weighted by molar-refractivity contribution is 6.36. The number of H-pyrrole nitrogens is 2. The van der Waals surface area contributed by atoms with Crippen LogP contribution >= 0.6 is 0 Å². The van der Waals surface area contributed by atoms with Gasteiger partial charge in [-0.25, -0.2) is 0 Å². The Balaban J connectivity index is 1.71. The number of ether oxygens (including phenoxy) is 1. The third-order valence-electron chi connectivity index (χ3n) is 4.94. The fourth-order valence-corrected chi connectivity index (χ4v) is 3.65. The van der Waals surface area contributed by atoms with Crippen LogP contribution in [0.15, 0.2) is 60.9 Å². The molecule has 0 radical (unpaired) electrons. The third kappa shape index (κ3) is 2.44. The van der Waals surface area contributed by atoms with Crippen molar-refractivity contribution >= 4 is 34.1 Å². The molecule has 27 heavy (non-hydrogen) atoms. The van der Waals surface area contributed by atoms with Crippen molar-refractivity contribution in [3.63, 3.8) is 0 Å². The highest BCUT2D eigenvalue weighted by Gasteiger charge is 2.27. The average molecular weight is 355 g/mol. The van der Waals surface area contributed by atoms with E-state index in [4.69, 9.17) is 4.74 Å². The molecule has 5 rings (SSSR count). The Morgan fingerprint density at radius 1 is 1.00 bits per heavy atom. The summed E-state index contributed by atoms with van der Waals surface area (Å²) in [7, 11) is 1.62.